The summed E-state index contributed by atoms with van der Waals surface area (Å²) in [4.78, 5) is 55.1. The summed E-state index contributed by atoms with van der Waals surface area (Å²) < 4.78 is 27.0. The molecule has 0 aliphatic carbocycles. The van der Waals surface area contributed by atoms with Gasteiger partial charge in [-0.2, -0.15) is 5.21 Å². The lowest BCUT2D eigenvalue weighted by Gasteiger charge is -2.28. The third kappa shape index (κ3) is 8.77. The van der Waals surface area contributed by atoms with Crippen LogP contribution in [0, 0.1) is 16.0 Å². The van der Waals surface area contributed by atoms with E-state index >= 15 is 0 Å². The molecule has 0 amide bonds. The van der Waals surface area contributed by atoms with E-state index in [1.165, 1.54) is 6.92 Å². The molecule has 3 aromatic rings. The SMILES string of the molecule is CCCCC(=O)[C@@H](N[C@H](C(=O)O[C@H](C)OC(=O)O[C@H]1CO[C@H]2[C@H]1OC[C@H]2O[N+](=O)[O-])C(C)C)c1ccc(-c2ccccc2)c(-c2nn[nH]n2)c1. The van der Waals surface area contributed by atoms with Crippen LogP contribution < -0.4 is 5.32 Å². The van der Waals surface area contributed by atoms with E-state index < -0.39 is 60.0 Å². The van der Waals surface area contributed by atoms with Crippen molar-refractivity contribution in [2.45, 2.75) is 89.7 Å². The number of ketones is 1. The molecule has 1 aromatic heterocycles. The van der Waals surface area contributed by atoms with E-state index in [9.17, 15) is 24.5 Å². The number of aromatic amines is 1. The fourth-order valence-electron chi connectivity index (χ4n) is 5.93. The van der Waals surface area contributed by atoms with Crippen molar-refractivity contribution in [3.8, 4) is 22.5 Å². The van der Waals surface area contributed by atoms with Gasteiger partial charge in [0.2, 0.25) is 12.1 Å². The van der Waals surface area contributed by atoms with Crippen molar-refractivity contribution in [3.05, 3.63) is 64.2 Å². The highest BCUT2D eigenvalue weighted by Gasteiger charge is 2.51. The van der Waals surface area contributed by atoms with E-state index in [0.717, 1.165) is 17.5 Å². The van der Waals surface area contributed by atoms with Gasteiger partial charge < -0.3 is 28.5 Å². The van der Waals surface area contributed by atoms with Gasteiger partial charge in [-0.3, -0.25) is 14.9 Å². The Labute approximate surface area is 287 Å². The molecule has 0 bridgehead atoms. The second-order valence-electron chi connectivity index (χ2n) is 12.3. The molecule has 7 atom stereocenters. The first kappa shape index (κ1) is 36.3. The van der Waals surface area contributed by atoms with Gasteiger partial charge in [0.15, 0.2) is 18.0 Å². The molecule has 3 heterocycles. The van der Waals surface area contributed by atoms with Gasteiger partial charge in [-0.25, -0.2) is 4.79 Å². The van der Waals surface area contributed by atoms with Crippen LogP contribution in [0.3, 0.4) is 0 Å². The first-order valence-electron chi connectivity index (χ1n) is 16.4. The monoisotopic (exact) mass is 696 g/mol. The van der Waals surface area contributed by atoms with Crippen LogP contribution in [0.25, 0.3) is 22.5 Å². The summed E-state index contributed by atoms with van der Waals surface area (Å²) in [5, 5.41) is 27.6. The van der Waals surface area contributed by atoms with Crippen LogP contribution in [0.15, 0.2) is 48.5 Å². The van der Waals surface area contributed by atoms with Gasteiger partial charge in [0.05, 0.1) is 19.3 Å². The number of nitrogens with zero attached hydrogens (tertiary/aromatic N) is 4. The van der Waals surface area contributed by atoms with E-state index in [2.05, 4.69) is 30.8 Å². The van der Waals surface area contributed by atoms with E-state index in [1.807, 2.05) is 55.5 Å². The number of tetrazole rings is 1. The molecule has 2 aliphatic heterocycles. The maximum absolute atomic E-state index is 13.7. The third-order valence-electron chi connectivity index (χ3n) is 8.39. The van der Waals surface area contributed by atoms with Crippen LogP contribution in [-0.2, 0) is 38.1 Å². The van der Waals surface area contributed by atoms with Gasteiger partial charge >= 0.3 is 12.1 Å². The van der Waals surface area contributed by atoms with Crippen LogP contribution >= 0.6 is 0 Å². The van der Waals surface area contributed by atoms with Gasteiger partial charge in [-0.1, -0.05) is 69.7 Å². The molecule has 2 saturated heterocycles. The molecule has 268 valence electrons. The molecule has 0 unspecified atom stereocenters. The maximum Gasteiger partial charge on any atom is 0.511 e. The largest absolute Gasteiger partial charge is 0.511 e. The summed E-state index contributed by atoms with van der Waals surface area (Å²) in [6.07, 6.45) is -4.25. The first-order chi connectivity index (χ1) is 24.0. The Kier molecular flexibility index (Phi) is 12.0. The highest BCUT2D eigenvalue weighted by molar-refractivity contribution is 5.88. The third-order valence-corrected chi connectivity index (χ3v) is 8.39. The van der Waals surface area contributed by atoms with Crippen LogP contribution in [0.2, 0.25) is 0 Å². The summed E-state index contributed by atoms with van der Waals surface area (Å²) in [5.74, 6) is -0.880. The highest BCUT2D eigenvalue weighted by atomic mass is 17.0. The number of H-pyrrole nitrogens is 1. The van der Waals surface area contributed by atoms with Crippen LogP contribution in [0.5, 0.6) is 0 Å². The minimum Gasteiger partial charge on any atom is -0.426 e. The van der Waals surface area contributed by atoms with E-state index in [4.69, 9.17) is 23.7 Å². The predicted octanol–water partition coefficient (Wildman–Crippen LogP) is 3.73. The number of hydrogen-bond donors (Lipinski definition) is 2. The van der Waals surface area contributed by atoms with E-state index in [1.54, 1.807) is 13.8 Å². The Bertz CT molecular complexity index is 1620. The molecule has 0 spiro atoms. The fourth-order valence-corrected chi connectivity index (χ4v) is 5.93. The second-order valence-corrected chi connectivity index (χ2v) is 12.3. The number of aromatic nitrogens is 4. The normalized spacial score (nSPS) is 21.5. The summed E-state index contributed by atoms with van der Waals surface area (Å²) in [5.41, 5.74) is 2.98. The number of nitrogens with one attached hydrogen (secondary N) is 2. The number of carbonyl (C=O) groups is 3. The molecular formula is C33H40N6O11. The molecule has 0 saturated carbocycles. The number of Topliss-reactive ketones (excluding diaryl/α,β-unsaturated/α-hetero) is 1. The molecule has 2 aliphatic rings. The number of ether oxygens (including phenoxy) is 5. The Balaban J connectivity index is 1.28. The number of carbonyl (C=O) groups excluding carboxylic acids is 3. The minimum atomic E-state index is -1.37. The Hall–Kier alpha value is -5.00. The molecule has 17 heteroatoms. The highest BCUT2D eigenvalue weighted by Crippen LogP contribution is 2.34. The predicted molar refractivity (Wildman–Crippen MR) is 172 cm³/mol. The topological polar surface area (TPSA) is 216 Å². The van der Waals surface area contributed by atoms with Crippen molar-refractivity contribution in [2.75, 3.05) is 13.2 Å². The standard InChI is InChI=1S/C33H40N6O11/c1-5-6-12-24(40)28(21-13-14-22(20-10-8-7-9-11-20)23(15-21)31-35-37-38-36-31)34-27(18(2)3)32(41)47-19(4)48-33(42)49-25-16-45-30-26(50-39(43)44)17-46-29(25)30/h7-11,13-15,18-19,25-30,34H,5-6,12,16-17H2,1-4H3,(H,35,36,37,38)/t19-,25-,26+,27-,28-,29-,30+/m0/s1. The average Bonchev–Trinajstić information content (AvgIpc) is 3.84. The lowest BCUT2D eigenvalue weighted by Crippen LogP contribution is -2.47. The molecular weight excluding hydrogens is 656 g/mol. The van der Waals surface area contributed by atoms with Gasteiger partial charge in [-0.05, 0) is 40.3 Å². The van der Waals surface area contributed by atoms with E-state index in [0.29, 0.717) is 23.4 Å². The lowest BCUT2D eigenvalue weighted by atomic mass is 9.91. The molecule has 2 aromatic carbocycles. The van der Waals surface area contributed by atoms with Gasteiger partial charge in [0.25, 0.3) is 5.09 Å². The quantitative estimate of drug-likeness (QED) is 0.0944. The molecule has 2 N–H and O–H groups in total. The Morgan fingerprint density at radius 2 is 1.74 bits per heavy atom. The van der Waals surface area contributed by atoms with Crippen molar-refractivity contribution >= 4 is 17.9 Å². The van der Waals surface area contributed by atoms with Crippen LogP contribution in [-0.4, -0.2) is 93.6 Å². The molecule has 5 rings (SSSR count). The number of hydrogen-bond acceptors (Lipinski definition) is 15. The van der Waals surface area contributed by atoms with Crippen molar-refractivity contribution in [1.29, 1.82) is 0 Å². The first-order valence-corrected chi connectivity index (χ1v) is 16.4. The van der Waals surface area contributed by atoms with Gasteiger partial charge in [0, 0.05) is 18.9 Å². The van der Waals surface area contributed by atoms with E-state index in [-0.39, 0.29) is 31.3 Å². The number of fused-ring (bicyclic) bond motifs is 1. The second kappa shape index (κ2) is 16.6. The Morgan fingerprint density at radius 1 is 1.02 bits per heavy atom. The zero-order valence-electron chi connectivity index (χ0n) is 28.1. The van der Waals surface area contributed by atoms with Gasteiger partial charge in [-0.15, -0.1) is 20.3 Å². The summed E-state index contributed by atoms with van der Waals surface area (Å²) in [7, 11) is 0. The smallest absolute Gasteiger partial charge is 0.426 e. The van der Waals surface area contributed by atoms with Crippen molar-refractivity contribution in [1.82, 2.24) is 25.9 Å². The zero-order chi connectivity index (χ0) is 35.8. The van der Waals surface area contributed by atoms with Crippen LogP contribution in [0.4, 0.5) is 4.79 Å². The van der Waals surface area contributed by atoms with Crippen molar-refractivity contribution < 1.29 is 48.0 Å². The summed E-state index contributed by atoms with van der Waals surface area (Å²) in [6, 6.07) is 13.3. The molecule has 50 heavy (non-hydrogen) atoms. The number of rotatable bonds is 16. The Morgan fingerprint density at radius 3 is 2.40 bits per heavy atom. The van der Waals surface area contributed by atoms with Gasteiger partial charge in [0.1, 0.15) is 18.2 Å². The fraction of sp³-hybridized carbons (Fsp3) is 0.515. The van der Waals surface area contributed by atoms with Crippen molar-refractivity contribution in [2.24, 2.45) is 5.92 Å². The number of benzene rings is 2. The van der Waals surface area contributed by atoms with Crippen molar-refractivity contribution in [3.63, 3.8) is 0 Å². The molecule has 0 radical (unpaired) electrons. The maximum atomic E-state index is 13.7. The number of unbranched alkanes of at least 4 members (excludes halogenated alkanes) is 1. The average molecular weight is 697 g/mol. The summed E-state index contributed by atoms with van der Waals surface area (Å²) >= 11 is 0. The molecule has 2 fully saturated rings. The number of esters is 1. The zero-order valence-corrected chi connectivity index (χ0v) is 28.1. The molecule has 17 nitrogen and oxygen atoms in total. The minimum absolute atomic E-state index is 0.0935. The van der Waals surface area contributed by atoms with Crippen LogP contribution in [0.1, 0.15) is 58.6 Å². The lowest BCUT2D eigenvalue weighted by molar-refractivity contribution is -0.769. The summed E-state index contributed by atoms with van der Waals surface area (Å²) in [6.45, 7) is 6.72.